The largest absolute Gasteiger partial charge is 0.469 e. The van der Waals surface area contributed by atoms with Gasteiger partial charge in [0, 0.05) is 25.7 Å². The molecule has 0 aliphatic heterocycles. The molecule has 1 aromatic carbocycles. The third-order valence-corrected chi connectivity index (χ3v) is 3.12. The van der Waals surface area contributed by atoms with Crippen molar-refractivity contribution in [2.75, 3.05) is 25.6 Å². The summed E-state index contributed by atoms with van der Waals surface area (Å²) in [6.45, 7) is 7.24. The summed E-state index contributed by atoms with van der Waals surface area (Å²) in [5.41, 5.74) is 5.13. The van der Waals surface area contributed by atoms with E-state index in [1.54, 1.807) is 0 Å². The fourth-order valence-electron chi connectivity index (χ4n) is 2.45. The predicted octanol–water partition coefficient (Wildman–Crippen LogP) is 3.00. The minimum Gasteiger partial charge on any atom is -0.469 e. The molecule has 1 rings (SSSR count). The van der Waals surface area contributed by atoms with Crippen LogP contribution in [0, 0.1) is 20.8 Å². The number of aryl methyl sites for hydroxylation is 3. The van der Waals surface area contributed by atoms with Crippen molar-refractivity contribution in [3.05, 3.63) is 28.8 Å². The highest BCUT2D eigenvalue weighted by atomic mass is 16.5. The smallest absolute Gasteiger partial charge is 0.305 e. The summed E-state index contributed by atoms with van der Waals surface area (Å²) in [5.74, 6) is -0.138. The third kappa shape index (κ3) is 3.76. The van der Waals surface area contributed by atoms with Crippen molar-refractivity contribution in [2.24, 2.45) is 0 Å². The van der Waals surface area contributed by atoms with E-state index in [0.717, 1.165) is 13.0 Å². The molecule has 0 aliphatic carbocycles. The van der Waals surface area contributed by atoms with Crippen molar-refractivity contribution in [1.29, 1.82) is 0 Å². The summed E-state index contributed by atoms with van der Waals surface area (Å²) in [7, 11) is 3.50. The summed E-state index contributed by atoms with van der Waals surface area (Å²) >= 11 is 0. The van der Waals surface area contributed by atoms with Crippen LogP contribution in [-0.2, 0) is 9.53 Å². The number of hydrogen-bond donors (Lipinski definition) is 0. The van der Waals surface area contributed by atoms with E-state index in [2.05, 4.69) is 49.6 Å². The fourth-order valence-corrected chi connectivity index (χ4v) is 2.45. The Kier molecular flexibility index (Phi) is 5.20. The van der Waals surface area contributed by atoms with Crippen LogP contribution in [0.1, 0.15) is 29.5 Å². The zero-order valence-electron chi connectivity index (χ0n) is 12.0. The van der Waals surface area contributed by atoms with Gasteiger partial charge in [-0.25, -0.2) is 0 Å². The monoisotopic (exact) mass is 249 g/mol. The van der Waals surface area contributed by atoms with Gasteiger partial charge in [0.25, 0.3) is 0 Å². The number of anilines is 1. The Morgan fingerprint density at radius 2 is 1.78 bits per heavy atom. The van der Waals surface area contributed by atoms with Crippen LogP contribution in [0.15, 0.2) is 12.1 Å². The van der Waals surface area contributed by atoms with E-state index in [1.165, 1.54) is 29.5 Å². The average Bonchev–Trinajstić information content (AvgIpc) is 2.27. The number of carbonyl (C=O) groups excluding carboxylic acids is 1. The van der Waals surface area contributed by atoms with Crippen LogP contribution in [0.4, 0.5) is 5.69 Å². The molecule has 0 aliphatic rings. The van der Waals surface area contributed by atoms with Crippen molar-refractivity contribution in [3.8, 4) is 0 Å². The second-order valence-corrected chi connectivity index (χ2v) is 4.85. The van der Waals surface area contributed by atoms with Gasteiger partial charge in [-0.15, -0.1) is 0 Å². The van der Waals surface area contributed by atoms with Gasteiger partial charge in [0.2, 0.25) is 0 Å². The molecule has 0 heterocycles. The lowest BCUT2D eigenvalue weighted by Crippen LogP contribution is -2.21. The summed E-state index contributed by atoms with van der Waals surface area (Å²) < 4.78 is 4.64. The SMILES string of the molecule is COC(=O)CCCN(C)c1c(C)cc(C)cc1C. The quantitative estimate of drug-likeness (QED) is 0.751. The predicted molar refractivity (Wildman–Crippen MR) is 75.2 cm³/mol. The van der Waals surface area contributed by atoms with E-state index in [4.69, 9.17) is 0 Å². The lowest BCUT2D eigenvalue weighted by atomic mass is 10.0. The Labute approximate surface area is 110 Å². The first kappa shape index (κ1) is 14.6. The van der Waals surface area contributed by atoms with Crippen LogP contribution in [0.3, 0.4) is 0 Å². The summed E-state index contributed by atoms with van der Waals surface area (Å²) in [4.78, 5) is 13.3. The van der Waals surface area contributed by atoms with E-state index in [9.17, 15) is 4.79 Å². The fraction of sp³-hybridized carbons (Fsp3) is 0.533. The first-order valence-corrected chi connectivity index (χ1v) is 6.31. The number of methoxy groups -OCH3 is 1. The number of nitrogens with zero attached hydrogens (tertiary/aromatic N) is 1. The van der Waals surface area contributed by atoms with Gasteiger partial charge < -0.3 is 9.64 Å². The molecular formula is C15H23NO2. The Hall–Kier alpha value is -1.51. The van der Waals surface area contributed by atoms with Crippen molar-refractivity contribution in [2.45, 2.75) is 33.6 Å². The molecule has 0 amide bonds. The van der Waals surface area contributed by atoms with Crippen molar-refractivity contribution < 1.29 is 9.53 Å². The van der Waals surface area contributed by atoms with E-state index in [-0.39, 0.29) is 5.97 Å². The molecule has 3 nitrogen and oxygen atoms in total. The lowest BCUT2D eigenvalue weighted by molar-refractivity contribution is -0.140. The van der Waals surface area contributed by atoms with Gasteiger partial charge in [-0.1, -0.05) is 17.7 Å². The molecule has 100 valence electrons. The number of rotatable bonds is 5. The van der Waals surface area contributed by atoms with E-state index in [0.29, 0.717) is 6.42 Å². The molecule has 0 N–H and O–H groups in total. The molecule has 0 aromatic heterocycles. The van der Waals surface area contributed by atoms with E-state index < -0.39 is 0 Å². The van der Waals surface area contributed by atoms with Crippen LogP contribution in [0.25, 0.3) is 0 Å². The molecule has 0 radical (unpaired) electrons. The highest BCUT2D eigenvalue weighted by molar-refractivity contribution is 5.69. The number of esters is 1. The van der Waals surface area contributed by atoms with Crippen LogP contribution in [-0.4, -0.2) is 26.7 Å². The van der Waals surface area contributed by atoms with Crippen LogP contribution in [0.5, 0.6) is 0 Å². The first-order valence-electron chi connectivity index (χ1n) is 6.31. The van der Waals surface area contributed by atoms with Crippen molar-refractivity contribution >= 4 is 11.7 Å². The van der Waals surface area contributed by atoms with E-state index in [1.807, 2.05) is 0 Å². The molecule has 0 bridgehead atoms. The second kappa shape index (κ2) is 6.43. The minimum absolute atomic E-state index is 0.138. The molecule has 0 saturated carbocycles. The standard InChI is InChI=1S/C15H23NO2/c1-11-9-12(2)15(13(3)10-11)16(4)8-6-7-14(17)18-5/h9-10H,6-8H2,1-5H3. The highest BCUT2D eigenvalue weighted by Gasteiger charge is 2.09. The molecule has 18 heavy (non-hydrogen) atoms. The number of carbonyl (C=O) groups is 1. The Morgan fingerprint density at radius 1 is 1.22 bits per heavy atom. The average molecular weight is 249 g/mol. The van der Waals surface area contributed by atoms with Gasteiger partial charge in [-0.2, -0.15) is 0 Å². The zero-order chi connectivity index (χ0) is 13.7. The Bertz CT molecular complexity index is 403. The Morgan fingerprint density at radius 3 is 2.28 bits per heavy atom. The maximum Gasteiger partial charge on any atom is 0.305 e. The zero-order valence-corrected chi connectivity index (χ0v) is 12.0. The summed E-state index contributed by atoms with van der Waals surface area (Å²) in [6.07, 6.45) is 1.29. The first-order chi connectivity index (χ1) is 8.45. The molecule has 3 heteroatoms. The minimum atomic E-state index is -0.138. The molecule has 0 spiro atoms. The van der Waals surface area contributed by atoms with Gasteiger partial charge in [-0.3, -0.25) is 4.79 Å². The highest BCUT2D eigenvalue weighted by Crippen LogP contribution is 2.25. The molecule has 0 atom stereocenters. The van der Waals surface area contributed by atoms with Crippen LogP contribution < -0.4 is 4.90 Å². The topological polar surface area (TPSA) is 29.5 Å². The number of ether oxygens (including phenoxy) is 1. The molecule has 0 unspecified atom stereocenters. The van der Waals surface area contributed by atoms with Crippen LogP contribution in [0.2, 0.25) is 0 Å². The van der Waals surface area contributed by atoms with E-state index >= 15 is 0 Å². The number of benzene rings is 1. The maximum atomic E-state index is 11.1. The Balaban J connectivity index is 2.67. The molecular weight excluding hydrogens is 226 g/mol. The van der Waals surface area contributed by atoms with Crippen molar-refractivity contribution in [3.63, 3.8) is 0 Å². The number of hydrogen-bond acceptors (Lipinski definition) is 3. The van der Waals surface area contributed by atoms with Gasteiger partial charge >= 0.3 is 5.97 Å². The van der Waals surface area contributed by atoms with Gasteiger partial charge in [0.15, 0.2) is 0 Å². The second-order valence-electron chi connectivity index (χ2n) is 4.85. The maximum absolute atomic E-state index is 11.1. The summed E-state index contributed by atoms with van der Waals surface area (Å²) in [5, 5.41) is 0. The van der Waals surface area contributed by atoms with Gasteiger partial charge in [-0.05, 0) is 38.3 Å². The summed E-state index contributed by atoms with van der Waals surface area (Å²) in [6, 6.07) is 4.39. The normalized spacial score (nSPS) is 10.3. The molecule has 0 saturated heterocycles. The molecule has 1 aromatic rings. The van der Waals surface area contributed by atoms with Gasteiger partial charge in [0.05, 0.1) is 7.11 Å². The third-order valence-electron chi connectivity index (χ3n) is 3.12. The lowest BCUT2D eigenvalue weighted by Gasteiger charge is -2.24. The molecule has 0 fully saturated rings. The van der Waals surface area contributed by atoms with Gasteiger partial charge in [0.1, 0.15) is 0 Å². The van der Waals surface area contributed by atoms with Crippen molar-refractivity contribution in [1.82, 2.24) is 0 Å². The van der Waals surface area contributed by atoms with Crippen LogP contribution >= 0.6 is 0 Å².